The summed E-state index contributed by atoms with van der Waals surface area (Å²) in [6.07, 6.45) is 2.97. The fourth-order valence-electron chi connectivity index (χ4n) is 1.64. The zero-order valence-electron chi connectivity index (χ0n) is 8.77. The van der Waals surface area contributed by atoms with Crippen LogP contribution in [0.15, 0.2) is 29.9 Å². The summed E-state index contributed by atoms with van der Waals surface area (Å²) in [5.41, 5.74) is 2.96. The second kappa shape index (κ2) is 4.13. The summed E-state index contributed by atoms with van der Waals surface area (Å²) in [6, 6.07) is 3.85. The molecule has 2 heterocycles. The molecule has 0 aromatic carbocycles. The van der Waals surface area contributed by atoms with Gasteiger partial charge in [0.1, 0.15) is 6.10 Å². The van der Waals surface area contributed by atoms with Gasteiger partial charge in [-0.1, -0.05) is 0 Å². The lowest BCUT2D eigenvalue weighted by atomic mass is 10.00. The van der Waals surface area contributed by atoms with E-state index in [0.717, 1.165) is 16.7 Å². The summed E-state index contributed by atoms with van der Waals surface area (Å²) in [5, 5.41) is 12.2. The lowest BCUT2D eigenvalue weighted by Gasteiger charge is -2.12. The van der Waals surface area contributed by atoms with E-state index in [9.17, 15) is 5.11 Å². The van der Waals surface area contributed by atoms with Crippen LogP contribution in [0.5, 0.6) is 0 Å². The molecule has 0 fully saturated rings. The molecule has 2 aromatic heterocycles. The van der Waals surface area contributed by atoms with Gasteiger partial charge in [-0.2, -0.15) is 0 Å². The van der Waals surface area contributed by atoms with Gasteiger partial charge in [0, 0.05) is 17.3 Å². The van der Waals surface area contributed by atoms with Crippen molar-refractivity contribution in [3.8, 4) is 0 Å². The highest BCUT2D eigenvalue weighted by atomic mass is 32.1. The summed E-state index contributed by atoms with van der Waals surface area (Å²) < 4.78 is 0. The lowest BCUT2D eigenvalue weighted by molar-refractivity contribution is 0.219. The van der Waals surface area contributed by atoms with Gasteiger partial charge in [-0.15, -0.1) is 11.3 Å². The summed E-state index contributed by atoms with van der Waals surface area (Å²) in [7, 11) is 0. The topological polar surface area (TPSA) is 33.1 Å². The molecule has 0 bridgehead atoms. The van der Waals surface area contributed by atoms with Crippen LogP contribution in [0.1, 0.15) is 27.7 Å². The first-order valence-electron chi connectivity index (χ1n) is 4.82. The third-order valence-corrected chi connectivity index (χ3v) is 3.41. The van der Waals surface area contributed by atoms with Gasteiger partial charge < -0.3 is 5.11 Å². The van der Waals surface area contributed by atoms with Crippen molar-refractivity contribution in [2.24, 2.45) is 0 Å². The van der Waals surface area contributed by atoms with Gasteiger partial charge in [0.25, 0.3) is 0 Å². The Morgan fingerprint density at radius 2 is 2.07 bits per heavy atom. The number of aromatic nitrogens is 1. The maximum absolute atomic E-state index is 10.2. The molecule has 15 heavy (non-hydrogen) atoms. The Morgan fingerprint density at radius 1 is 1.27 bits per heavy atom. The molecule has 0 aliphatic rings. The van der Waals surface area contributed by atoms with Gasteiger partial charge in [0.05, 0.1) is 0 Å². The molecule has 0 saturated carbocycles. The van der Waals surface area contributed by atoms with Crippen LogP contribution in [0.4, 0.5) is 0 Å². The van der Waals surface area contributed by atoms with E-state index in [1.807, 2.05) is 31.4 Å². The molecule has 2 nitrogen and oxygen atoms in total. The van der Waals surface area contributed by atoms with Gasteiger partial charge in [-0.05, 0) is 48.1 Å². The quantitative estimate of drug-likeness (QED) is 0.842. The van der Waals surface area contributed by atoms with Crippen LogP contribution in [0.25, 0.3) is 0 Å². The SMILES string of the molecule is Cc1cnccc1C(O)c1ccsc1C. The van der Waals surface area contributed by atoms with E-state index in [1.54, 1.807) is 23.7 Å². The van der Waals surface area contributed by atoms with Crippen molar-refractivity contribution >= 4 is 11.3 Å². The molecular formula is C12H13NOS. The summed E-state index contributed by atoms with van der Waals surface area (Å²) in [6.45, 7) is 3.99. The molecule has 2 rings (SSSR count). The number of hydrogen-bond donors (Lipinski definition) is 1. The number of nitrogens with zero attached hydrogens (tertiary/aromatic N) is 1. The minimum Gasteiger partial charge on any atom is -0.384 e. The number of rotatable bonds is 2. The first-order valence-corrected chi connectivity index (χ1v) is 5.70. The number of aryl methyl sites for hydroxylation is 2. The van der Waals surface area contributed by atoms with Crippen molar-refractivity contribution in [3.05, 3.63) is 51.5 Å². The molecule has 1 unspecified atom stereocenters. The summed E-state index contributed by atoms with van der Waals surface area (Å²) in [5.74, 6) is 0. The van der Waals surface area contributed by atoms with Gasteiger partial charge >= 0.3 is 0 Å². The van der Waals surface area contributed by atoms with E-state index in [0.29, 0.717) is 0 Å². The third-order valence-electron chi connectivity index (χ3n) is 2.55. The van der Waals surface area contributed by atoms with Crippen LogP contribution < -0.4 is 0 Å². The zero-order valence-corrected chi connectivity index (χ0v) is 9.58. The average molecular weight is 219 g/mol. The van der Waals surface area contributed by atoms with Crippen molar-refractivity contribution in [3.63, 3.8) is 0 Å². The van der Waals surface area contributed by atoms with Crippen molar-refractivity contribution < 1.29 is 5.11 Å². The molecule has 3 heteroatoms. The molecule has 0 saturated heterocycles. The Labute approximate surface area is 93.2 Å². The first-order chi connectivity index (χ1) is 7.20. The van der Waals surface area contributed by atoms with Crippen LogP contribution in [-0.2, 0) is 0 Å². The van der Waals surface area contributed by atoms with Gasteiger partial charge in [-0.3, -0.25) is 4.98 Å². The smallest absolute Gasteiger partial charge is 0.105 e. The van der Waals surface area contributed by atoms with Crippen LogP contribution in [0.2, 0.25) is 0 Å². The van der Waals surface area contributed by atoms with E-state index < -0.39 is 6.10 Å². The van der Waals surface area contributed by atoms with E-state index in [2.05, 4.69) is 4.98 Å². The molecule has 0 aliphatic heterocycles. The number of aliphatic hydroxyl groups excluding tert-OH is 1. The molecule has 0 spiro atoms. The van der Waals surface area contributed by atoms with Crippen molar-refractivity contribution in [2.75, 3.05) is 0 Å². The highest BCUT2D eigenvalue weighted by molar-refractivity contribution is 7.10. The standard InChI is InChI=1S/C12H13NOS/c1-8-7-13-5-3-10(8)12(14)11-4-6-15-9(11)2/h3-7,12,14H,1-2H3. The maximum Gasteiger partial charge on any atom is 0.105 e. The monoisotopic (exact) mass is 219 g/mol. The van der Waals surface area contributed by atoms with Crippen LogP contribution >= 0.6 is 11.3 Å². The van der Waals surface area contributed by atoms with E-state index in [1.165, 1.54) is 4.88 Å². The fourth-order valence-corrected chi connectivity index (χ4v) is 2.37. The molecule has 0 amide bonds. The fraction of sp³-hybridized carbons (Fsp3) is 0.250. The summed E-state index contributed by atoms with van der Waals surface area (Å²) in [4.78, 5) is 5.19. The number of thiophene rings is 1. The highest BCUT2D eigenvalue weighted by Crippen LogP contribution is 2.29. The zero-order chi connectivity index (χ0) is 10.8. The second-order valence-corrected chi connectivity index (χ2v) is 4.69. The second-order valence-electron chi connectivity index (χ2n) is 3.57. The minimum atomic E-state index is -0.528. The number of pyridine rings is 1. The molecule has 0 radical (unpaired) electrons. The molecule has 1 N–H and O–H groups in total. The van der Waals surface area contributed by atoms with Crippen LogP contribution in [0.3, 0.4) is 0 Å². The molecule has 0 aliphatic carbocycles. The molecule has 1 atom stereocenters. The van der Waals surface area contributed by atoms with Crippen LogP contribution in [0, 0.1) is 13.8 Å². The highest BCUT2D eigenvalue weighted by Gasteiger charge is 2.15. The Kier molecular flexibility index (Phi) is 2.84. The Morgan fingerprint density at radius 3 is 2.67 bits per heavy atom. The lowest BCUT2D eigenvalue weighted by Crippen LogP contribution is -2.02. The minimum absolute atomic E-state index is 0.528. The third kappa shape index (κ3) is 1.94. The van der Waals surface area contributed by atoms with Crippen LogP contribution in [-0.4, -0.2) is 10.1 Å². The largest absolute Gasteiger partial charge is 0.384 e. The van der Waals surface area contributed by atoms with Crippen molar-refractivity contribution in [1.82, 2.24) is 4.98 Å². The number of aliphatic hydroxyl groups is 1. The van der Waals surface area contributed by atoms with E-state index in [4.69, 9.17) is 0 Å². The predicted molar refractivity (Wildman–Crippen MR) is 62.1 cm³/mol. The Hall–Kier alpha value is -1.19. The predicted octanol–water partition coefficient (Wildman–Crippen LogP) is 2.84. The van der Waals surface area contributed by atoms with Crippen molar-refractivity contribution in [1.29, 1.82) is 0 Å². The number of hydrogen-bond acceptors (Lipinski definition) is 3. The summed E-state index contributed by atoms with van der Waals surface area (Å²) >= 11 is 1.66. The van der Waals surface area contributed by atoms with E-state index in [-0.39, 0.29) is 0 Å². The Bertz CT molecular complexity index is 464. The molecule has 78 valence electrons. The molecular weight excluding hydrogens is 206 g/mol. The normalized spacial score (nSPS) is 12.7. The van der Waals surface area contributed by atoms with Crippen molar-refractivity contribution in [2.45, 2.75) is 20.0 Å². The van der Waals surface area contributed by atoms with Gasteiger partial charge in [-0.25, -0.2) is 0 Å². The molecule has 2 aromatic rings. The van der Waals surface area contributed by atoms with E-state index >= 15 is 0 Å². The Balaban J connectivity index is 2.41. The first kappa shape index (κ1) is 10.3. The average Bonchev–Trinajstić information content (AvgIpc) is 2.64. The van der Waals surface area contributed by atoms with Gasteiger partial charge in [0.2, 0.25) is 0 Å². The van der Waals surface area contributed by atoms with Gasteiger partial charge in [0.15, 0.2) is 0 Å². The maximum atomic E-state index is 10.2.